The third-order valence-electron chi connectivity index (χ3n) is 8.58. The van der Waals surface area contributed by atoms with Gasteiger partial charge >= 0.3 is 0 Å². The number of nitriles is 1. The molecule has 10 heteroatoms. The Morgan fingerprint density at radius 2 is 1.97 bits per heavy atom. The third kappa shape index (κ3) is 3.22. The Labute approximate surface area is 207 Å². The second kappa shape index (κ2) is 7.82. The molecule has 4 amide bonds. The zero-order chi connectivity index (χ0) is 25.4. The van der Waals surface area contributed by atoms with E-state index in [-0.39, 0.29) is 23.7 Å². The maximum absolute atomic E-state index is 13.5. The Morgan fingerprint density at radius 1 is 1.22 bits per heavy atom. The van der Waals surface area contributed by atoms with Gasteiger partial charge in [-0.25, -0.2) is 0 Å². The van der Waals surface area contributed by atoms with Gasteiger partial charge in [0.05, 0.1) is 25.0 Å². The molecule has 1 aliphatic heterocycles. The van der Waals surface area contributed by atoms with E-state index >= 15 is 0 Å². The number of carbonyl (C=O) groups excluding carboxylic acids is 4. The average molecular weight is 490 g/mol. The third-order valence-corrected chi connectivity index (χ3v) is 8.58. The van der Waals surface area contributed by atoms with E-state index in [4.69, 9.17) is 4.74 Å². The van der Waals surface area contributed by atoms with Crippen LogP contribution in [0.3, 0.4) is 0 Å². The van der Waals surface area contributed by atoms with E-state index < -0.39 is 41.1 Å². The molecule has 2 aromatic rings. The topological polar surface area (TPSA) is 153 Å². The van der Waals surface area contributed by atoms with Crippen LogP contribution < -0.4 is 20.7 Å². The zero-order valence-corrected chi connectivity index (χ0v) is 20.0. The number of ether oxygens (including phenoxy) is 1. The first kappa shape index (κ1) is 22.6. The predicted octanol–water partition coefficient (Wildman–Crippen LogP) is 1.24. The van der Waals surface area contributed by atoms with Crippen LogP contribution in [0.2, 0.25) is 0 Å². The highest BCUT2D eigenvalue weighted by Crippen LogP contribution is 2.68. The Hall–Kier alpha value is -3.87. The largest absolute Gasteiger partial charge is 0.496 e. The summed E-state index contributed by atoms with van der Waals surface area (Å²) in [5.74, 6) is -2.49. The number of hydrogen-bond donors (Lipinski definition) is 4. The number of H-pyrrole nitrogens is 1. The molecule has 1 unspecified atom stereocenters. The second-order valence-electron chi connectivity index (χ2n) is 10.6. The van der Waals surface area contributed by atoms with Crippen LogP contribution in [-0.4, -0.2) is 47.3 Å². The fraction of sp³-hybridized carbons (Fsp3) is 0.500. The number of fused-ring (bicyclic) bond motifs is 4. The maximum atomic E-state index is 13.5. The number of nitrogens with zero attached hydrogens (tertiary/aromatic N) is 1. The molecule has 1 aromatic heterocycles. The standard InChI is InChI=1S/C26H27N5O5/c1-11-18-19(25(35)30-24(18)34)21-20(11)26(21,10-27)31-23(33)15(8-12-6-7-12)29-22(32)16-9-13-14(28-16)4-3-5-17(13)36-2/h3-5,9,11-12,15,18-21,28H,6-8H2,1-2H3,(H,29,32)(H,31,33)(H,30,34,35)/t11-,15+,18+,19+,20?,21-,26+/m1/s1. The summed E-state index contributed by atoms with van der Waals surface area (Å²) in [5.41, 5.74) is -0.162. The summed E-state index contributed by atoms with van der Waals surface area (Å²) in [6, 6.07) is 8.57. The SMILES string of the molecule is COc1cccc2[nH]c(C(=O)N[C@@H](CC3CC3)C(=O)N[C@@]3(C#N)C4[C@H](C)[C@@H]5C(=O)NC(=O)[C@@H]5[C@H]43)cc12. The average Bonchev–Trinajstić information content (AvgIpc) is 3.65. The van der Waals surface area contributed by atoms with Gasteiger partial charge < -0.3 is 20.4 Å². The lowest BCUT2D eigenvalue weighted by atomic mass is 9.82. The number of aromatic nitrogens is 1. The van der Waals surface area contributed by atoms with Crippen molar-refractivity contribution >= 4 is 34.5 Å². The molecule has 7 atom stereocenters. The molecule has 4 aliphatic rings. The van der Waals surface area contributed by atoms with E-state index in [0.717, 1.165) is 23.7 Å². The summed E-state index contributed by atoms with van der Waals surface area (Å²) >= 11 is 0. The highest BCUT2D eigenvalue weighted by molar-refractivity contribution is 6.07. The maximum Gasteiger partial charge on any atom is 0.268 e. The highest BCUT2D eigenvalue weighted by Gasteiger charge is 2.80. The quantitative estimate of drug-likeness (QED) is 0.429. The first-order valence-electron chi connectivity index (χ1n) is 12.3. The lowest BCUT2D eigenvalue weighted by Crippen LogP contribution is -2.53. The molecule has 6 rings (SSSR count). The Bertz CT molecular complexity index is 1360. The van der Waals surface area contributed by atoms with Crippen molar-refractivity contribution in [2.45, 2.75) is 37.8 Å². The lowest BCUT2D eigenvalue weighted by Gasteiger charge is -2.26. The molecule has 3 aliphatic carbocycles. The number of aromatic amines is 1. The Morgan fingerprint density at radius 3 is 2.67 bits per heavy atom. The van der Waals surface area contributed by atoms with Crippen LogP contribution in [0.1, 0.15) is 36.7 Å². The summed E-state index contributed by atoms with van der Waals surface area (Å²) in [6.07, 6.45) is 2.44. The summed E-state index contributed by atoms with van der Waals surface area (Å²) in [4.78, 5) is 54.3. The highest BCUT2D eigenvalue weighted by atomic mass is 16.5. The van der Waals surface area contributed by atoms with E-state index in [0.29, 0.717) is 23.8 Å². The van der Waals surface area contributed by atoms with Crippen LogP contribution in [0.5, 0.6) is 5.75 Å². The Kier molecular flexibility index (Phi) is 4.90. The number of hydrogen-bond acceptors (Lipinski definition) is 6. The van der Waals surface area contributed by atoms with E-state index in [9.17, 15) is 24.4 Å². The van der Waals surface area contributed by atoms with Crippen LogP contribution in [0, 0.1) is 46.8 Å². The number of benzene rings is 1. The number of rotatable bonds is 7. The van der Waals surface area contributed by atoms with Crippen molar-refractivity contribution in [1.29, 1.82) is 5.26 Å². The van der Waals surface area contributed by atoms with Crippen LogP contribution in [0.4, 0.5) is 0 Å². The van der Waals surface area contributed by atoms with Crippen molar-refractivity contribution in [3.05, 3.63) is 30.0 Å². The summed E-state index contributed by atoms with van der Waals surface area (Å²) in [7, 11) is 1.56. The van der Waals surface area contributed by atoms with Crippen LogP contribution in [0.25, 0.3) is 10.9 Å². The van der Waals surface area contributed by atoms with Crippen molar-refractivity contribution in [2.75, 3.05) is 7.11 Å². The minimum atomic E-state index is -1.21. The molecule has 3 saturated carbocycles. The van der Waals surface area contributed by atoms with Crippen molar-refractivity contribution in [3.8, 4) is 11.8 Å². The van der Waals surface area contributed by atoms with Gasteiger partial charge in [0, 0.05) is 22.7 Å². The van der Waals surface area contributed by atoms with Crippen molar-refractivity contribution < 1.29 is 23.9 Å². The molecule has 1 aromatic carbocycles. The van der Waals surface area contributed by atoms with Crippen LogP contribution in [-0.2, 0) is 14.4 Å². The molecule has 1 saturated heterocycles. The smallest absolute Gasteiger partial charge is 0.268 e. The van der Waals surface area contributed by atoms with Gasteiger partial charge in [-0.2, -0.15) is 5.26 Å². The van der Waals surface area contributed by atoms with Gasteiger partial charge in [0.15, 0.2) is 0 Å². The summed E-state index contributed by atoms with van der Waals surface area (Å²) in [6.45, 7) is 1.86. The Balaban J connectivity index is 1.21. The minimum absolute atomic E-state index is 0.204. The van der Waals surface area contributed by atoms with Crippen LogP contribution >= 0.6 is 0 Å². The van der Waals surface area contributed by atoms with Gasteiger partial charge in [-0.3, -0.25) is 24.5 Å². The van der Waals surface area contributed by atoms with E-state index in [1.807, 2.05) is 19.1 Å². The molecule has 186 valence electrons. The first-order valence-corrected chi connectivity index (χ1v) is 12.3. The molecule has 2 heterocycles. The fourth-order valence-electron chi connectivity index (χ4n) is 6.70. The molecule has 36 heavy (non-hydrogen) atoms. The van der Waals surface area contributed by atoms with Crippen molar-refractivity contribution in [2.24, 2.45) is 35.5 Å². The summed E-state index contributed by atoms with van der Waals surface area (Å²) in [5, 5.41) is 19.0. The van der Waals surface area contributed by atoms with Crippen LogP contribution in [0.15, 0.2) is 24.3 Å². The van der Waals surface area contributed by atoms with E-state index in [2.05, 4.69) is 27.0 Å². The molecule has 4 fully saturated rings. The van der Waals surface area contributed by atoms with Gasteiger partial charge in [-0.05, 0) is 36.5 Å². The predicted molar refractivity (Wildman–Crippen MR) is 126 cm³/mol. The molecule has 0 bridgehead atoms. The van der Waals surface area contributed by atoms with Gasteiger partial charge in [0.25, 0.3) is 5.91 Å². The van der Waals surface area contributed by atoms with Gasteiger partial charge in [0.2, 0.25) is 17.7 Å². The molecular weight excluding hydrogens is 462 g/mol. The molecule has 4 N–H and O–H groups in total. The number of imide groups is 1. The molecular formula is C26H27N5O5. The summed E-state index contributed by atoms with van der Waals surface area (Å²) < 4.78 is 5.37. The first-order chi connectivity index (χ1) is 17.3. The lowest BCUT2D eigenvalue weighted by molar-refractivity contribution is -0.127. The van der Waals surface area contributed by atoms with Crippen molar-refractivity contribution in [3.63, 3.8) is 0 Å². The molecule has 0 spiro atoms. The van der Waals surface area contributed by atoms with Crippen molar-refractivity contribution in [1.82, 2.24) is 20.9 Å². The minimum Gasteiger partial charge on any atom is -0.496 e. The van der Waals surface area contributed by atoms with Gasteiger partial charge in [-0.15, -0.1) is 0 Å². The second-order valence-corrected chi connectivity index (χ2v) is 10.6. The monoisotopic (exact) mass is 489 g/mol. The van der Waals surface area contributed by atoms with E-state index in [1.54, 1.807) is 19.2 Å². The van der Waals surface area contributed by atoms with Gasteiger partial charge in [-0.1, -0.05) is 25.8 Å². The molecule has 10 nitrogen and oxygen atoms in total. The number of carbonyl (C=O) groups is 4. The van der Waals surface area contributed by atoms with Gasteiger partial charge in [0.1, 0.15) is 23.0 Å². The molecule has 0 radical (unpaired) electrons. The zero-order valence-electron chi connectivity index (χ0n) is 20.0. The number of nitrogens with one attached hydrogen (secondary N) is 4. The normalized spacial score (nSPS) is 32.8. The number of methoxy groups -OCH3 is 1. The van der Waals surface area contributed by atoms with E-state index in [1.165, 1.54) is 0 Å². The fourth-order valence-corrected chi connectivity index (χ4v) is 6.70. The number of amides is 4.